The fraction of sp³-hybridized carbons (Fsp3) is 0. The Labute approximate surface area is 174 Å². The first-order chi connectivity index (χ1) is 13.5. The SMILES string of the molecule is O=c1c2ccccc2nc(/C=C/c2cc(Br)ccc2O)n1-c1ccccc1Cl. The first kappa shape index (κ1) is 18.5. The molecule has 28 heavy (non-hydrogen) atoms. The molecular formula is C22H14BrClN2O2. The Bertz CT molecular complexity index is 1280. The van der Waals surface area contributed by atoms with Crippen LogP contribution in [-0.2, 0) is 0 Å². The highest BCUT2D eigenvalue weighted by atomic mass is 79.9. The van der Waals surface area contributed by atoms with E-state index in [1.165, 1.54) is 4.57 Å². The van der Waals surface area contributed by atoms with E-state index in [2.05, 4.69) is 20.9 Å². The normalized spacial score (nSPS) is 11.4. The second-order valence-corrected chi connectivity index (χ2v) is 7.44. The number of aromatic nitrogens is 2. The van der Waals surface area contributed by atoms with Gasteiger partial charge < -0.3 is 5.11 Å². The number of halogens is 2. The summed E-state index contributed by atoms with van der Waals surface area (Å²) >= 11 is 9.75. The number of fused-ring (bicyclic) bond motifs is 1. The molecule has 0 radical (unpaired) electrons. The van der Waals surface area contributed by atoms with Crippen molar-refractivity contribution in [1.29, 1.82) is 0 Å². The molecule has 0 aliphatic carbocycles. The minimum atomic E-state index is -0.211. The molecule has 0 saturated carbocycles. The van der Waals surface area contributed by atoms with Crippen LogP contribution in [0.2, 0.25) is 5.02 Å². The zero-order chi connectivity index (χ0) is 19.7. The molecule has 0 bridgehead atoms. The van der Waals surface area contributed by atoms with Crippen molar-refractivity contribution in [3.05, 3.63) is 98.0 Å². The number of nitrogens with zero attached hydrogens (tertiary/aromatic N) is 2. The second-order valence-electron chi connectivity index (χ2n) is 6.12. The fourth-order valence-electron chi connectivity index (χ4n) is 2.95. The largest absolute Gasteiger partial charge is 0.507 e. The molecule has 0 aliphatic rings. The zero-order valence-corrected chi connectivity index (χ0v) is 16.9. The molecule has 0 unspecified atom stereocenters. The maximum atomic E-state index is 13.2. The van der Waals surface area contributed by atoms with Gasteiger partial charge in [-0.05, 0) is 54.6 Å². The summed E-state index contributed by atoms with van der Waals surface area (Å²) in [4.78, 5) is 17.9. The third-order valence-electron chi connectivity index (χ3n) is 4.30. The lowest BCUT2D eigenvalue weighted by atomic mass is 10.2. The Kier molecular flexibility index (Phi) is 5.03. The second kappa shape index (κ2) is 7.62. The van der Waals surface area contributed by atoms with Gasteiger partial charge >= 0.3 is 0 Å². The summed E-state index contributed by atoms with van der Waals surface area (Å²) in [5, 5.41) is 11.0. The van der Waals surface area contributed by atoms with Crippen molar-refractivity contribution in [3.8, 4) is 11.4 Å². The smallest absolute Gasteiger partial charge is 0.266 e. The van der Waals surface area contributed by atoms with E-state index < -0.39 is 0 Å². The molecule has 0 atom stereocenters. The van der Waals surface area contributed by atoms with Crippen molar-refractivity contribution < 1.29 is 5.11 Å². The average molecular weight is 454 g/mol. The minimum absolute atomic E-state index is 0.131. The predicted molar refractivity (Wildman–Crippen MR) is 117 cm³/mol. The number of phenolic OH excluding ortho intramolecular Hbond substituents is 1. The minimum Gasteiger partial charge on any atom is -0.507 e. The first-order valence-corrected chi connectivity index (χ1v) is 9.65. The highest BCUT2D eigenvalue weighted by Crippen LogP contribution is 2.25. The summed E-state index contributed by atoms with van der Waals surface area (Å²) in [7, 11) is 0. The van der Waals surface area contributed by atoms with E-state index in [4.69, 9.17) is 11.6 Å². The van der Waals surface area contributed by atoms with Crippen molar-refractivity contribution >= 4 is 50.6 Å². The van der Waals surface area contributed by atoms with Crippen LogP contribution in [0.3, 0.4) is 0 Å². The molecule has 4 rings (SSSR count). The molecular weight excluding hydrogens is 440 g/mol. The maximum absolute atomic E-state index is 13.2. The summed E-state index contributed by atoms with van der Waals surface area (Å²) in [5.74, 6) is 0.544. The topological polar surface area (TPSA) is 55.1 Å². The third-order valence-corrected chi connectivity index (χ3v) is 5.11. The Morgan fingerprint density at radius 1 is 1.00 bits per heavy atom. The molecule has 0 aliphatic heterocycles. The molecule has 4 nitrogen and oxygen atoms in total. The summed E-state index contributed by atoms with van der Waals surface area (Å²) in [5.41, 5.74) is 1.53. The molecule has 138 valence electrons. The van der Waals surface area contributed by atoms with E-state index in [1.807, 2.05) is 12.1 Å². The standard InChI is InChI=1S/C22H14BrClN2O2/c23-15-10-11-20(27)14(13-15)9-12-21-25-18-7-3-1-5-16(18)22(28)26(21)19-8-4-2-6-17(19)24/h1-13,27H/b12-9+. The van der Waals surface area contributed by atoms with Crippen molar-refractivity contribution in [2.45, 2.75) is 0 Å². The van der Waals surface area contributed by atoms with Crippen molar-refractivity contribution in [3.63, 3.8) is 0 Å². The van der Waals surface area contributed by atoms with Crippen molar-refractivity contribution in [2.75, 3.05) is 0 Å². The Morgan fingerprint density at radius 3 is 2.57 bits per heavy atom. The van der Waals surface area contributed by atoms with Crippen LogP contribution in [0.15, 0.2) is 76.0 Å². The molecule has 0 spiro atoms. The van der Waals surface area contributed by atoms with E-state index in [-0.39, 0.29) is 11.3 Å². The monoisotopic (exact) mass is 452 g/mol. The molecule has 0 fully saturated rings. The fourth-order valence-corrected chi connectivity index (χ4v) is 3.55. The number of hydrogen-bond acceptors (Lipinski definition) is 3. The summed E-state index contributed by atoms with van der Waals surface area (Å²) in [6.45, 7) is 0. The Hall–Kier alpha value is -2.89. The van der Waals surface area contributed by atoms with E-state index in [1.54, 1.807) is 66.7 Å². The maximum Gasteiger partial charge on any atom is 0.266 e. The van der Waals surface area contributed by atoms with Gasteiger partial charge in [0.1, 0.15) is 11.6 Å². The van der Waals surface area contributed by atoms with Crippen LogP contribution in [0.25, 0.3) is 28.7 Å². The van der Waals surface area contributed by atoms with Gasteiger partial charge in [-0.1, -0.05) is 51.8 Å². The Morgan fingerprint density at radius 2 is 1.75 bits per heavy atom. The quantitative estimate of drug-likeness (QED) is 0.434. The van der Waals surface area contributed by atoms with Gasteiger partial charge in [-0.2, -0.15) is 0 Å². The highest BCUT2D eigenvalue weighted by molar-refractivity contribution is 9.10. The van der Waals surface area contributed by atoms with E-state index in [9.17, 15) is 9.90 Å². The number of phenols is 1. The van der Waals surface area contributed by atoms with Crippen molar-refractivity contribution in [1.82, 2.24) is 9.55 Å². The lowest BCUT2D eigenvalue weighted by molar-refractivity contribution is 0.474. The van der Waals surface area contributed by atoms with E-state index in [0.717, 1.165) is 4.47 Å². The van der Waals surface area contributed by atoms with Gasteiger partial charge in [-0.3, -0.25) is 9.36 Å². The molecule has 1 aromatic heterocycles. The van der Waals surface area contributed by atoms with Crippen molar-refractivity contribution in [2.24, 2.45) is 0 Å². The van der Waals surface area contributed by atoms with Gasteiger partial charge in [0.2, 0.25) is 0 Å². The molecule has 1 N–H and O–H groups in total. The number of aromatic hydroxyl groups is 1. The summed E-state index contributed by atoms with van der Waals surface area (Å²) < 4.78 is 2.32. The van der Waals surface area contributed by atoms with Gasteiger partial charge in [0.25, 0.3) is 5.56 Å². The average Bonchev–Trinajstić information content (AvgIpc) is 2.70. The van der Waals surface area contributed by atoms with Gasteiger partial charge in [0, 0.05) is 10.0 Å². The van der Waals surface area contributed by atoms with Crippen LogP contribution >= 0.6 is 27.5 Å². The van der Waals surface area contributed by atoms with Crippen LogP contribution in [0.1, 0.15) is 11.4 Å². The van der Waals surface area contributed by atoms with Crippen LogP contribution in [0, 0.1) is 0 Å². The summed E-state index contributed by atoms with van der Waals surface area (Å²) in [6.07, 6.45) is 3.41. The number of para-hydroxylation sites is 2. The van der Waals surface area contributed by atoms with Gasteiger partial charge in [0.15, 0.2) is 0 Å². The number of benzene rings is 3. The molecule has 6 heteroatoms. The van der Waals surface area contributed by atoms with Crippen LogP contribution in [-0.4, -0.2) is 14.7 Å². The van der Waals surface area contributed by atoms with Crippen LogP contribution < -0.4 is 5.56 Å². The summed E-state index contributed by atoms with van der Waals surface area (Å²) in [6, 6.07) is 19.4. The van der Waals surface area contributed by atoms with Crippen LogP contribution in [0.5, 0.6) is 5.75 Å². The van der Waals surface area contributed by atoms with E-state index >= 15 is 0 Å². The number of rotatable bonds is 3. The van der Waals surface area contributed by atoms with Gasteiger partial charge in [-0.15, -0.1) is 0 Å². The Balaban J connectivity index is 1.98. The lowest BCUT2D eigenvalue weighted by Crippen LogP contribution is -2.22. The van der Waals surface area contributed by atoms with Crippen LogP contribution in [0.4, 0.5) is 0 Å². The first-order valence-electron chi connectivity index (χ1n) is 8.48. The molecule has 0 saturated heterocycles. The third kappa shape index (κ3) is 3.46. The van der Waals surface area contributed by atoms with Gasteiger partial charge in [0.05, 0.1) is 21.6 Å². The zero-order valence-electron chi connectivity index (χ0n) is 14.5. The molecule has 3 aromatic carbocycles. The van der Waals surface area contributed by atoms with Gasteiger partial charge in [-0.25, -0.2) is 4.98 Å². The lowest BCUT2D eigenvalue weighted by Gasteiger charge is -2.12. The van der Waals surface area contributed by atoms with E-state index in [0.29, 0.717) is 33.0 Å². The predicted octanol–water partition coefficient (Wildman–Crippen LogP) is 5.68. The molecule has 1 heterocycles. The molecule has 4 aromatic rings. The molecule has 0 amide bonds. The highest BCUT2D eigenvalue weighted by Gasteiger charge is 2.13. The number of hydrogen-bond donors (Lipinski definition) is 1.